The third kappa shape index (κ3) is 3.81. The molecule has 6 nitrogen and oxygen atoms in total. The zero-order chi connectivity index (χ0) is 23.4. The number of anilines is 2. The van der Waals surface area contributed by atoms with Crippen molar-refractivity contribution in [2.45, 2.75) is 44.0 Å². The minimum absolute atomic E-state index is 0.163. The van der Waals surface area contributed by atoms with E-state index in [0.29, 0.717) is 28.9 Å². The van der Waals surface area contributed by atoms with E-state index in [9.17, 15) is 22.8 Å². The van der Waals surface area contributed by atoms with Gasteiger partial charge in [0.25, 0.3) is 0 Å². The number of urea groups is 1. The van der Waals surface area contributed by atoms with Crippen LogP contribution in [0, 0.1) is 0 Å². The summed E-state index contributed by atoms with van der Waals surface area (Å²) >= 11 is 0. The van der Waals surface area contributed by atoms with Gasteiger partial charge < -0.3 is 15.4 Å². The lowest BCUT2D eigenvalue weighted by molar-refractivity contribution is -0.138. The molecular formula is C24H22F3N3O3. The molecule has 1 saturated carbocycles. The van der Waals surface area contributed by atoms with E-state index >= 15 is 0 Å². The van der Waals surface area contributed by atoms with Crippen molar-refractivity contribution >= 4 is 28.9 Å². The van der Waals surface area contributed by atoms with Crippen molar-refractivity contribution in [1.82, 2.24) is 5.32 Å². The van der Waals surface area contributed by atoms with Gasteiger partial charge in [0.1, 0.15) is 11.4 Å². The van der Waals surface area contributed by atoms with E-state index in [2.05, 4.69) is 10.6 Å². The summed E-state index contributed by atoms with van der Waals surface area (Å²) in [5.74, 6) is -0.226. The Hall–Kier alpha value is -3.49. The van der Waals surface area contributed by atoms with Crippen LogP contribution in [0.4, 0.5) is 29.3 Å². The molecule has 0 aromatic heterocycles. The largest absolute Gasteiger partial charge is 0.486 e. The summed E-state index contributed by atoms with van der Waals surface area (Å²) in [6.07, 6.45) is -0.161. The van der Waals surface area contributed by atoms with Crippen LogP contribution < -0.4 is 20.3 Å². The Kier molecular flexibility index (Phi) is 4.88. The van der Waals surface area contributed by atoms with Crippen molar-refractivity contribution < 1.29 is 27.5 Å². The number of fused-ring (bicyclic) bond motifs is 2. The number of nitrogens with zero attached hydrogens (tertiary/aromatic N) is 1. The summed E-state index contributed by atoms with van der Waals surface area (Å²) < 4.78 is 45.7. The van der Waals surface area contributed by atoms with Gasteiger partial charge in [0.2, 0.25) is 5.91 Å². The van der Waals surface area contributed by atoms with Crippen molar-refractivity contribution in [3.63, 3.8) is 0 Å². The maximum Gasteiger partial charge on any atom is 0.416 e. The second-order valence-electron chi connectivity index (χ2n) is 8.70. The van der Waals surface area contributed by atoms with Gasteiger partial charge in [-0.25, -0.2) is 4.79 Å². The second-order valence-corrected chi connectivity index (χ2v) is 8.70. The zero-order valence-electron chi connectivity index (χ0n) is 17.9. The van der Waals surface area contributed by atoms with E-state index in [-0.39, 0.29) is 24.2 Å². The minimum Gasteiger partial charge on any atom is -0.486 e. The van der Waals surface area contributed by atoms with E-state index in [1.165, 1.54) is 17.0 Å². The number of benzene rings is 2. The van der Waals surface area contributed by atoms with E-state index in [4.69, 9.17) is 4.74 Å². The molecule has 5 rings (SSSR count). The third-order valence-corrected chi connectivity index (χ3v) is 6.56. The van der Waals surface area contributed by atoms with Crippen molar-refractivity contribution in [1.29, 1.82) is 0 Å². The molecule has 0 bridgehead atoms. The Balaban J connectivity index is 1.46. The van der Waals surface area contributed by atoms with Crippen LogP contribution in [-0.2, 0) is 17.5 Å². The molecule has 3 aliphatic rings. The van der Waals surface area contributed by atoms with E-state index < -0.39 is 17.3 Å². The molecule has 0 unspecified atom stereocenters. The van der Waals surface area contributed by atoms with Crippen LogP contribution >= 0.6 is 0 Å². The Morgan fingerprint density at radius 3 is 2.73 bits per heavy atom. The number of carbonyl (C=O) groups is 2. The van der Waals surface area contributed by atoms with Crippen molar-refractivity contribution in [3.8, 4) is 5.75 Å². The highest BCUT2D eigenvalue weighted by Crippen LogP contribution is 2.50. The monoisotopic (exact) mass is 457 g/mol. The lowest BCUT2D eigenvalue weighted by Crippen LogP contribution is -2.45. The minimum atomic E-state index is -4.47. The normalized spacial score (nSPS) is 19.8. The van der Waals surface area contributed by atoms with Crippen LogP contribution in [0.1, 0.15) is 42.4 Å². The first-order valence-corrected chi connectivity index (χ1v) is 10.7. The number of nitrogens with one attached hydrogen (secondary N) is 2. The summed E-state index contributed by atoms with van der Waals surface area (Å²) in [6.45, 7) is 0.283. The second kappa shape index (κ2) is 7.54. The van der Waals surface area contributed by atoms with Crippen molar-refractivity contribution in [2.24, 2.45) is 0 Å². The summed E-state index contributed by atoms with van der Waals surface area (Å²) in [5, 5.41) is 5.62. The number of amides is 3. The molecule has 2 aromatic rings. The molecular weight excluding hydrogens is 435 g/mol. The Bertz CT molecular complexity index is 1190. The summed E-state index contributed by atoms with van der Waals surface area (Å²) in [7, 11) is 1.65. The van der Waals surface area contributed by atoms with Gasteiger partial charge >= 0.3 is 12.2 Å². The molecule has 33 heavy (non-hydrogen) atoms. The standard InChI is InChI=1S/C24H22F3N3O3/c1-30-19-5-2-4-18(17(19)13-28-22(30)32)29-21(31)10-14-12-23(8-3-9-23)33-20-11-15(24(25,26)27)6-7-16(14)20/h2,4-7,10-11H,3,8-9,12-13H2,1H3,(H,28,32)(H,29,31)/b14-10+. The number of ether oxygens (including phenoxy) is 1. The highest BCUT2D eigenvalue weighted by molar-refractivity contribution is 6.06. The van der Waals surface area contributed by atoms with Gasteiger partial charge in [-0.15, -0.1) is 0 Å². The Morgan fingerprint density at radius 2 is 2.03 bits per heavy atom. The van der Waals surface area contributed by atoms with Crippen LogP contribution in [0.25, 0.3) is 5.57 Å². The molecule has 0 radical (unpaired) electrons. The highest BCUT2D eigenvalue weighted by atomic mass is 19.4. The van der Waals surface area contributed by atoms with Crippen LogP contribution in [0.15, 0.2) is 42.5 Å². The molecule has 3 amide bonds. The molecule has 2 aromatic carbocycles. The van der Waals surface area contributed by atoms with Crippen LogP contribution in [0.5, 0.6) is 5.75 Å². The summed E-state index contributed by atoms with van der Waals surface area (Å²) in [4.78, 5) is 26.3. The first-order chi connectivity index (χ1) is 15.7. The van der Waals surface area contributed by atoms with Crippen molar-refractivity contribution in [2.75, 3.05) is 17.3 Å². The number of hydrogen-bond acceptors (Lipinski definition) is 3. The molecule has 2 N–H and O–H groups in total. The summed E-state index contributed by atoms with van der Waals surface area (Å²) in [6, 6.07) is 8.48. The van der Waals surface area contributed by atoms with Gasteiger partial charge in [0.05, 0.1) is 11.3 Å². The predicted molar refractivity (Wildman–Crippen MR) is 117 cm³/mol. The predicted octanol–water partition coefficient (Wildman–Crippen LogP) is 5.09. The Morgan fingerprint density at radius 1 is 1.24 bits per heavy atom. The van der Waals surface area contributed by atoms with Crippen LogP contribution in [0.3, 0.4) is 0 Å². The number of halogens is 3. The first-order valence-electron chi connectivity index (χ1n) is 10.7. The SMILES string of the molecule is CN1C(=O)NCc2c(NC(=O)/C=C3\CC4(CCC4)Oc4cc(C(F)(F)F)ccc43)cccc21. The van der Waals surface area contributed by atoms with E-state index in [1.54, 1.807) is 25.2 Å². The average Bonchev–Trinajstić information content (AvgIpc) is 2.74. The summed E-state index contributed by atoms with van der Waals surface area (Å²) in [5.41, 5.74) is 1.87. The molecule has 0 saturated heterocycles. The molecule has 172 valence electrons. The molecule has 1 spiro atoms. The fourth-order valence-electron chi connectivity index (χ4n) is 4.65. The topological polar surface area (TPSA) is 70.7 Å². The third-order valence-electron chi connectivity index (χ3n) is 6.56. The van der Waals surface area contributed by atoms with Crippen LogP contribution in [0.2, 0.25) is 0 Å². The Labute approximate surface area is 188 Å². The molecule has 1 fully saturated rings. The molecule has 2 heterocycles. The number of carbonyl (C=O) groups excluding carboxylic acids is 2. The van der Waals surface area contributed by atoms with Crippen molar-refractivity contribution in [3.05, 3.63) is 59.2 Å². The molecule has 1 aliphatic carbocycles. The molecule has 9 heteroatoms. The lowest BCUT2D eigenvalue weighted by atomic mass is 9.72. The average molecular weight is 457 g/mol. The number of alkyl halides is 3. The van der Waals surface area contributed by atoms with E-state index in [0.717, 1.165) is 37.0 Å². The van der Waals surface area contributed by atoms with Gasteiger partial charge in [0.15, 0.2) is 0 Å². The lowest BCUT2D eigenvalue weighted by Gasteiger charge is -2.46. The number of hydrogen-bond donors (Lipinski definition) is 2. The van der Waals surface area contributed by atoms with Gasteiger partial charge in [-0.3, -0.25) is 9.69 Å². The molecule has 2 aliphatic heterocycles. The highest BCUT2D eigenvalue weighted by Gasteiger charge is 2.44. The van der Waals surface area contributed by atoms with E-state index in [1.807, 2.05) is 0 Å². The van der Waals surface area contributed by atoms with Crippen LogP contribution in [-0.4, -0.2) is 24.6 Å². The smallest absolute Gasteiger partial charge is 0.416 e. The maximum atomic E-state index is 13.2. The van der Waals surface area contributed by atoms with Gasteiger partial charge in [-0.1, -0.05) is 12.1 Å². The number of rotatable bonds is 2. The molecule has 0 atom stereocenters. The quantitative estimate of drug-likeness (QED) is 0.617. The van der Waals surface area contributed by atoms with Gasteiger partial charge in [-0.05, 0) is 49.1 Å². The fraction of sp³-hybridized carbons (Fsp3) is 0.333. The first kappa shape index (κ1) is 21.4. The zero-order valence-corrected chi connectivity index (χ0v) is 17.9. The van der Waals surface area contributed by atoms with Gasteiger partial charge in [0, 0.05) is 42.9 Å². The maximum absolute atomic E-state index is 13.2. The van der Waals surface area contributed by atoms with Gasteiger partial charge in [-0.2, -0.15) is 13.2 Å². The fourth-order valence-corrected chi connectivity index (χ4v) is 4.65.